The van der Waals surface area contributed by atoms with Crippen molar-refractivity contribution in [1.82, 2.24) is 19.9 Å². The summed E-state index contributed by atoms with van der Waals surface area (Å²) in [4.78, 5) is 26.6. The summed E-state index contributed by atoms with van der Waals surface area (Å²) in [5, 5.41) is 1.82. The molecular formula is C17H18N4OS. The molecule has 3 heterocycles. The van der Waals surface area contributed by atoms with Crippen molar-refractivity contribution in [3.63, 3.8) is 0 Å². The Balaban J connectivity index is 1.48. The van der Waals surface area contributed by atoms with Crippen molar-refractivity contribution < 1.29 is 4.79 Å². The lowest BCUT2D eigenvalue weighted by molar-refractivity contribution is 0.0706. The minimum absolute atomic E-state index is 0.0464. The molecule has 0 atom stereocenters. The number of likely N-dealkylation sites (tertiary alicyclic amines) is 1. The van der Waals surface area contributed by atoms with Gasteiger partial charge in [-0.05, 0) is 31.4 Å². The molecular weight excluding hydrogens is 308 g/mol. The molecule has 23 heavy (non-hydrogen) atoms. The van der Waals surface area contributed by atoms with E-state index in [-0.39, 0.29) is 5.91 Å². The van der Waals surface area contributed by atoms with E-state index in [0.717, 1.165) is 42.8 Å². The van der Waals surface area contributed by atoms with Crippen molar-refractivity contribution in [3.8, 4) is 0 Å². The fraction of sp³-hybridized carbons (Fsp3) is 0.353. The molecule has 1 aliphatic rings. The highest BCUT2D eigenvalue weighted by atomic mass is 32.1. The minimum Gasteiger partial charge on any atom is -0.342 e. The quantitative estimate of drug-likeness (QED) is 0.785. The number of thiazole rings is 1. The molecule has 3 aromatic rings. The molecule has 118 valence electrons. The van der Waals surface area contributed by atoms with Crippen LogP contribution in [-0.2, 0) is 0 Å². The summed E-state index contributed by atoms with van der Waals surface area (Å²) in [5.41, 5.74) is 5.62. The highest BCUT2D eigenvalue weighted by Crippen LogP contribution is 2.29. The molecule has 0 bridgehead atoms. The van der Waals surface area contributed by atoms with Crippen molar-refractivity contribution in [3.05, 3.63) is 46.2 Å². The smallest absolute Gasteiger partial charge is 0.273 e. The molecule has 0 saturated carbocycles. The average molecular weight is 326 g/mol. The van der Waals surface area contributed by atoms with Gasteiger partial charge in [-0.2, -0.15) is 0 Å². The molecule has 2 aromatic heterocycles. The number of H-pyrrole nitrogens is 1. The summed E-state index contributed by atoms with van der Waals surface area (Å²) >= 11 is 1.46. The lowest BCUT2D eigenvalue weighted by Crippen LogP contribution is -2.38. The van der Waals surface area contributed by atoms with Crippen LogP contribution in [0.15, 0.2) is 29.1 Å². The van der Waals surface area contributed by atoms with Crippen LogP contribution in [0.25, 0.3) is 11.0 Å². The highest BCUT2D eigenvalue weighted by molar-refractivity contribution is 7.07. The highest BCUT2D eigenvalue weighted by Gasteiger charge is 2.27. The van der Waals surface area contributed by atoms with Gasteiger partial charge in [0.15, 0.2) is 0 Å². The van der Waals surface area contributed by atoms with Gasteiger partial charge in [0.25, 0.3) is 5.91 Å². The molecule has 1 N–H and O–H groups in total. The second kappa shape index (κ2) is 5.77. The van der Waals surface area contributed by atoms with Gasteiger partial charge in [0.1, 0.15) is 11.5 Å². The maximum atomic E-state index is 12.3. The summed E-state index contributed by atoms with van der Waals surface area (Å²) in [6.45, 7) is 3.61. The lowest BCUT2D eigenvalue weighted by atomic mass is 9.96. The van der Waals surface area contributed by atoms with E-state index in [1.165, 1.54) is 16.9 Å². The Morgan fingerprint density at radius 2 is 2.17 bits per heavy atom. The Hall–Kier alpha value is -2.21. The Bertz CT molecular complexity index is 832. The number of nitrogens with one attached hydrogen (secondary N) is 1. The van der Waals surface area contributed by atoms with Gasteiger partial charge < -0.3 is 9.88 Å². The van der Waals surface area contributed by atoms with Crippen LogP contribution in [0.4, 0.5) is 0 Å². The topological polar surface area (TPSA) is 61.9 Å². The first kappa shape index (κ1) is 14.4. The molecule has 0 unspecified atom stereocenters. The van der Waals surface area contributed by atoms with Crippen molar-refractivity contribution in [1.29, 1.82) is 0 Å². The summed E-state index contributed by atoms with van der Waals surface area (Å²) in [6.07, 6.45) is 1.88. The number of hydrogen-bond acceptors (Lipinski definition) is 4. The standard InChI is InChI=1S/C17H18N4OS/c1-11-3-2-4-13-15(11)20-16(19-13)12-5-7-21(8-6-12)17(22)14-9-23-10-18-14/h2-4,9-10,12H,5-8H2,1H3,(H,19,20). The third kappa shape index (κ3) is 2.63. The lowest BCUT2D eigenvalue weighted by Gasteiger charge is -2.30. The average Bonchev–Trinajstić information content (AvgIpc) is 3.24. The minimum atomic E-state index is 0.0464. The molecule has 6 heteroatoms. The van der Waals surface area contributed by atoms with Gasteiger partial charge >= 0.3 is 0 Å². The number of rotatable bonds is 2. The maximum Gasteiger partial charge on any atom is 0.273 e. The number of carbonyl (C=O) groups is 1. The van der Waals surface area contributed by atoms with Gasteiger partial charge in [-0.1, -0.05) is 12.1 Å². The number of para-hydroxylation sites is 1. The fourth-order valence-corrected chi connectivity index (χ4v) is 3.75. The number of benzene rings is 1. The van der Waals surface area contributed by atoms with Crippen molar-refractivity contribution in [2.45, 2.75) is 25.7 Å². The number of aromatic nitrogens is 3. The summed E-state index contributed by atoms with van der Waals surface area (Å²) in [5.74, 6) is 1.49. The van der Waals surface area contributed by atoms with E-state index in [9.17, 15) is 4.79 Å². The second-order valence-electron chi connectivity index (χ2n) is 6.03. The van der Waals surface area contributed by atoms with Gasteiger partial charge in [0.2, 0.25) is 0 Å². The van der Waals surface area contributed by atoms with E-state index in [1.807, 2.05) is 10.3 Å². The van der Waals surface area contributed by atoms with Gasteiger partial charge in [0, 0.05) is 24.4 Å². The van der Waals surface area contributed by atoms with Crippen LogP contribution in [0.2, 0.25) is 0 Å². The van der Waals surface area contributed by atoms with Crippen LogP contribution in [0.1, 0.15) is 40.6 Å². The van der Waals surface area contributed by atoms with E-state index < -0.39 is 0 Å². The van der Waals surface area contributed by atoms with Crippen molar-refractivity contribution >= 4 is 28.3 Å². The van der Waals surface area contributed by atoms with Gasteiger partial charge in [-0.25, -0.2) is 9.97 Å². The van der Waals surface area contributed by atoms with E-state index >= 15 is 0 Å². The predicted molar refractivity (Wildman–Crippen MR) is 90.8 cm³/mol. The second-order valence-corrected chi connectivity index (χ2v) is 6.75. The zero-order valence-electron chi connectivity index (χ0n) is 13.0. The first-order chi connectivity index (χ1) is 11.2. The molecule has 1 fully saturated rings. The largest absolute Gasteiger partial charge is 0.342 e. The molecule has 1 saturated heterocycles. The molecule has 1 aromatic carbocycles. The number of nitrogens with zero attached hydrogens (tertiary/aromatic N) is 3. The van der Waals surface area contributed by atoms with Gasteiger partial charge in [-0.15, -0.1) is 11.3 Å². The number of fused-ring (bicyclic) bond motifs is 1. The molecule has 5 nitrogen and oxygen atoms in total. The molecule has 4 rings (SSSR count). The number of amides is 1. The van der Waals surface area contributed by atoms with Gasteiger partial charge in [-0.3, -0.25) is 4.79 Å². The van der Waals surface area contributed by atoms with E-state index in [1.54, 1.807) is 5.51 Å². The third-order valence-corrected chi connectivity index (χ3v) is 5.14. The van der Waals surface area contributed by atoms with E-state index in [2.05, 4.69) is 35.1 Å². The first-order valence-electron chi connectivity index (χ1n) is 7.85. The van der Waals surface area contributed by atoms with Crippen LogP contribution >= 0.6 is 11.3 Å². The van der Waals surface area contributed by atoms with Gasteiger partial charge in [0.05, 0.1) is 16.5 Å². The number of hydrogen-bond donors (Lipinski definition) is 1. The zero-order valence-corrected chi connectivity index (χ0v) is 13.8. The Morgan fingerprint density at radius 1 is 1.35 bits per heavy atom. The van der Waals surface area contributed by atoms with Crippen LogP contribution in [0.5, 0.6) is 0 Å². The first-order valence-corrected chi connectivity index (χ1v) is 8.79. The van der Waals surface area contributed by atoms with Crippen LogP contribution in [0.3, 0.4) is 0 Å². The number of carbonyl (C=O) groups excluding carboxylic acids is 1. The number of aryl methyl sites for hydroxylation is 1. The summed E-state index contributed by atoms with van der Waals surface area (Å²) in [7, 11) is 0. The fourth-order valence-electron chi connectivity index (χ4n) is 3.22. The zero-order chi connectivity index (χ0) is 15.8. The Labute approximate surface area is 138 Å². The third-order valence-electron chi connectivity index (χ3n) is 4.55. The summed E-state index contributed by atoms with van der Waals surface area (Å²) < 4.78 is 0. The molecule has 1 aliphatic heterocycles. The summed E-state index contributed by atoms with van der Waals surface area (Å²) in [6, 6.07) is 6.20. The normalized spacial score (nSPS) is 16.1. The maximum absolute atomic E-state index is 12.3. The number of aromatic amines is 1. The molecule has 1 amide bonds. The monoisotopic (exact) mass is 326 g/mol. The SMILES string of the molecule is Cc1cccc2[nH]c(C3CCN(C(=O)c4cscn4)CC3)nc12. The number of imidazole rings is 1. The Kier molecular flexibility index (Phi) is 3.61. The van der Waals surface area contributed by atoms with Crippen LogP contribution < -0.4 is 0 Å². The van der Waals surface area contributed by atoms with Crippen molar-refractivity contribution in [2.75, 3.05) is 13.1 Å². The predicted octanol–water partition coefficient (Wildman–Crippen LogP) is 3.35. The van der Waals surface area contributed by atoms with Crippen molar-refractivity contribution in [2.24, 2.45) is 0 Å². The molecule has 0 aliphatic carbocycles. The van der Waals surface area contributed by atoms with Crippen LogP contribution in [-0.4, -0.2) is 38.8 Å². The Morgan fingerprint density at radius 3 is 2.87 bits per heavy atom. The molecule has 0 radical (unpaired) electrons. The van der Waals surface area contributed by atoms with E-state index in [0.29, 0.717) is 11.6 Å². The van der Waals surface area contributed by atoms with Crippen LogP contribution in [0, 0.1) is 6.92 Å². The van der Waals surface area contributed by atoms with E-state index in [4.69, 9.17) is 4.98 Å². The molecule has 0 spiro atoms. The number of piperidine rings is 1.